The third-order valence-electron chi connectivity index (χ3n) is 3.47. The number of aromatic nitrogens is 2. The van der Waals surface area contributed by atoms with E-state index in [0.29, 0.717) is 19.7 Å². The SMILES string of the molecule is CCCC1CN(C(=O)c2c(C(F)(F)F)n[nH]c2C)CCO1. The number of aryl methyl sites for hydroxylation is 1. The fourth-order valence-electron chi connectivity index (χ4n) is 2.45. The van der Waals surface area contributed by atoms with Crippen molar-refractivity contribution in [1.29, 1.82) is 0 Å². The lowest BCUT2D eigenvalue weighted by Gasteiger charge is -2.33. The lowest BCUT2D eigenvalue weighted by molar-refractivity contribution is -0.141. The second-order valence-electron chi connectivity index (χ2n) is 5.10. The zero-order chi connectivity index (χ0) is 15.6. The number of nitrogens with one attached hydrogen (secondary N) is 1. The second-order valence-corrected chi connectivity index (χ2v) is 5.10. The highest BCUT2D eigenvalue weighted by molar-refractivity contribution is 5.96. The van der Waals surface area contributed by atoms with Gasteiger partial charge in [0.05, 0.1) is 18.3 Å². The molecule has 0 radical (unpaired) electrons. The van der Waals surface area contributed by atoms with E-state index in [0.717, 1.165) is 12.8 Å². The van der Waals surface area contributed by atoms with Gasteiger partial charge in [0, 0.05) is 18.8 Å². The third-order valence-corrected chi connectivity index (χ3v) is 3.47. The Morgan fingerprint density at radius 3 is 2.86 bits per heavy atom. The average molecular weight is 305 g/mol. The third kappa shape index (κ3) is 3.37. The zero-order valence-corrected chi connectivity index (χ0v) is 12.0. The normalized spacial score (nSPS) is 19.9. The standard InChI is InChI=1S/C13H18F3N3O2/c1-3-4-9-7-19(5-6-21-9)12(20)10-8(2)17-18-11(10)13(14,15)16/h9H,3-7H2,1-2H3,(H,17,18). The monoisotopic (exact) mass is 305 g/mol. The summed E-state index contributed by atoms with van der Waals surface area (Å²) in [7, 11) is 0. The van der Waals surface area contributed by atoms with E-state index in [2.05, 4.69) is 10.2 Å². The number of nitrogens with zero attached hydrogens (tertiary/aromatic N) is 2. The van der Waals surface area contributed by atoms with Crippen LogP contribution in [0.3, 0.4) is 0 Å². The fraction of sp³-hybridized carbons (Fsp3) is 0.692. The Kier molecular flexibility index (Phi) is 4.55. The van der Waals surface area contributed by atoms with Crippen molar-refractivity contribution in [3.05, 3.63) is 17.0 Å². The van der Waals surface area contributed by atoms with Crippen LogP contribution in [-0.4, -0.2) is 46.8 Å². The number of H-pyrrole nitrogens is 1. The number of alkyl halides is 3. The lowest BCUT2D eigenvalue weighted by atomic mass is 10.1. The summed E-state index contributed by atoms with van der Waals surface area (Å²) < 4.78 is 44.2. The zero-order valence-electron chi connectivity index (χ0n) is 12.0. The molecule has 8 heteroatoms. The van der Waals surface area contributed by atoms with E-state index in [-0.39, 0.29) is 17.4 Å². The van der Waals surface area contributed by atoms with E-state index in [4.69, 9.17) is 4.74 Å². The molecular formula is C13H18F3N3O2. The Morgan fingerprint density at radius 1 is 1.52 bits per heavy atom. The van der Waals surface area contributed by atoms with Crippen molar-refractivity contribution < 1.29 is 22.7 Å². The summed E-state index contributed by atoms with van der Waals surface area (Å²) in [5, 5.41) is 5.48. The predicted octanol–water partition coefficient (Wildman–Crippen LogP) is 2.38. The Hall–Kier alpha value is -1.57. The number of rotatable bonds is 3. The molecule has 1 saturated heterocycles. The van der Waals surface area contributed by atoms with Crippen molar-refractivity contribution in [1.82, 2.24) is 15.1 Å². The molecule has 2 rings (SSSR count). The molecule has 1 fully saturated rings. The first kappa shape index (κ1) is 15.8. The summed E-state index contributed by atoms with van der Waals surface area (Å²) in [6.45, 7) is 4.36. The molecule has 1 aliphatic rings. The van der Waals surface area contributed by atoms with Crippen LogP contribution >= 0.6 is 0 Å². The van der Waals surface area contributed by atoms with Gasteiger partial charge in [-0.05, 0) is 13.3 Å². The molecule has 1 aliphatic heterocycles. The van der Waals surface area contributed by atoms with Gasteiger partial charge < -0.3 is 9.64 Å². The molecular weight excluding hydrogens is 287 g/mol. The van der Waals surface area contributed by atoms with Crippen molar-refractivity contribution in [3.8, 4) is 0 Å². The van der Waals surface area contributed by atoms with E-state index < -0.39 is 17.8 Å². The summed E-state index contributed by atoms with van der Waals surface area (Å²) in [4.78, 5) is 13.8. The average Bonchev–Trinajstić information content (AvgIpc) is 2.80. The smallest absolute Gasteiger partial charge is 0.375 e. The van der Waals surface area contributed by atoms with Gasteiger partial charge in [-0.15, -0.1) is 0 Å². The van der Waals surface area contributed by atoms with Crippen LogP contribution in [-0.2, 0) is 10.9 Å². The largest absolute Gasteiger partial charge is 0.435 e. The van der Waals surface area contributed by atoms with Crippen LogP contribution in [0.4, 0.5) is 13.2 Å². The summed E-state index contributed by atoms with van der Waals surface area (Å²) in [5.74, 6) is -0.641. The minimum Gasteiger partial charge on any atom is -0.375 e. The van der Waals surface area contributed by atoms with Crippen LogP contribution < -0.4 is 0 Å². The van der Waals surface area contributed by atoms with E-state index in [9.17, 15) is 18.0 Å². The van der Waals surface area contributed by atoms with Gasteiger partial charge in [0.25, 0.3) is 5.91 Å². The maximum atomic E-state index is 12.9. The van der Waals surface area contributed by atoms with Gasteiger partial charge in [0.2, 0.25) is 0 Å². The number of carbonyl (C=O) groups is 1. The molecule has 1 aromatic heterocycles. The Morgan fingerprint density at radius 2 is 2.24 bits per heavy atom. The van der Waals surface area contributed by atoms with Crippen LogP contribution in [0.1, 0.15) is 41.5 Å². The predicted molar refractivity (Wildman–Crippen MR) is 68.9 cm³/mol. The Labute approximate surface area is 120 Å². The molecule has 0 saturated carbocycles. The van der Waals surface area contributed by atoms with E-state index in [1.165, 1.54) is 11.8 Å². The highest BCUT2D eigenvalue weighted by Crippen LogP contribution is 2.32. The Bertz CT molecular complexity index is 511. The molecule has 1 unspecified atom stereocenters. The van der Waals surface area contributed by atoms with Gasteiger partial charge in [-0.1, -0.05) is 13.3 Å². The molecule has 1 aromatic rings. The highest BCUT2D eigenvalue weighted by Gasteiger charge is 2.41. The second kappa shape index (κ2) is 6.05. The molecule has 1 amide bonds. The van der Waals surface area contributed by atoms with Crippen LogP contribution in [0, 0.1) is 6.92 Å². The highest BCUT2D eigenvalue weighted by atomic mass is 19.4. The van der Waals surface area contributed by atoms with Crippen molar-refractivity contribution in [2.24, 2.45) is 0 Å². The molecule has 1 atom stereocenters. The molecule has 0 aromatic carbocycles. The van der Waals surface area contributed by atoms with E-state index in [1.54, 1.807) is 0 Å². The number of morpholine rings is 1. The Balaban J connectivity index is 2.22. The van der Waals surface area contributed by atoms with Crippen LogP contribution in [0.2, 0.25) is 0 Å². The minimum absolute atomic E-state index is 0.116. The van der Waals surface area contributed by atoms with Crippen molar-refractivity contribution >= 4 is 5.91 Å². The fourth-order valence-corrected chi connectivity index (χ4v) is 2.45. The molecule has 21 heavy (non-hydrogen) atoms. The molecule has 1 N–H and O–H groups in total. The minimum atomic E-state index is -4.65. The maximum Gasteiger partial charge on any atom is 0.435 e. The van der Waals surface area contributed by atoms with Crippen LogP contribution in [0.15, 0.2) is 0 Å². The van der Waals surface area contributed by atoms with Crippen molar-refractivity contribution in [2.75, 3.05) is 19.7 Å². The molecule has 5 nitrogen and oxygen atoms in total. The maximum absolute atomic E-state index is 12.9. The van der Waals surface area contributed by atoms with Gasteiger partial charge in [0.1, 0.15) is 0 Å². The van der Waals surface area contributed by atoms with Crippen molar-refractivity contribution in [3.63, 3.8) is 0 Å². The van der Waals surface area contributed by atoms with E-state index >= 15 is 0 Å². The summed E-state index contributed by atoms with van der Waals surface area (Å²) >= 11 is 0. The number of ether oxygens (including phenoxy) is 1. The number of hydrogen-bond donors (Lipinski definition) is 1. The van der Waals surface area contributed by atoms with Crippen LogP contribution in [0.5, 0.6) is 0 Å². The van der Waals surface area contributed by atoms with Crippen molar-refractivity contribution in [2.45, 2.75) is 39.0 Å². The first-order valence-electron chi connectivity index (χ1n) is 6.87. The van der Waals surface area contributed by atoms with Gasteiger partial charge in [-0.25, -0.2) is 0 Å². The first-order valence-corrected chi connectivity index (χ1v) is 6.87. The lowest BCUT2D eigenvalue weighted by Crippen LogP contribution is -2.46. The van der Waals surface area contributed by atoms with Gasteiger partial charge >= 0.3 is 6.18 Å². The van der Waals surface area contributed by atoms with Gasteiger partial charge in [-0.3, -0.25) is 9.89 Å². The first-order chi connectivity index (χ1) is 9.84. The number of halogens is 3. The molecule has 0 spiro atoms. The topological polar surface area (TPSA) is 58.2 Å². The van der Waals surface area contributed by atoms with Gasteiger partial charge in [0.15, 0.2) is 5.69 Å². The number of amides is 1. The summed E-state index contributed by atoms with van der Waals surface area (Å²) in [6.07, 6.45) is -3.09. The molecule has 0 bridgehead atoms. The number of aromatic amines is 1. The van der Waals surface area contributed by atoms with Crippen LogP contribution in [0.25, 0.3) is 0 Å². The van der Waals surface area contributed by atoms with E-state index in [1.807, 2.05) is 6.92 Å². The summed E-state index contributed by atoms with van der Waals surface area (Å²) in [6, 6.07) is 0. The quantitative estimate of drug-likeness (QED) is 0.933. The number of carbonyl (C=O) groups excluding carboxylic acids is 1. The molecule has 2 heterocycles. The molecule has 118 valence electrons. The summed E-state index contributed by atoms with van der Waals surface area (Å²) in [5.41, 5.74) is -1.41. The van der Waals surface area contributed by atoms with Gasteiger partial charge in [-0.2, -0.15) is 18.3 Å². The number of hydrogen-bond acceptors (Lipinski definition) is 3. The molecule has 0 aliphatic carbocycles.